The van der Waals surface area contributed by atoms with E-state index in [2.05, 4.69) is 24.1 Å². The topological polar surface area (TPSA) is 76.8 Å². The number of hydrogen-bond acceptors (Lipinski definition) is 5. The summed E-state index contributed by atoms with van der Waals surface area (Å²) in [6, 6.07) is 3.45. The van der Waals surface area contributed by atoms with Crippen LogP contribution in [-0.2, 0) is 4.79 Å². The van der Waals surface area contributed by atoms with E-state index in [0.717, 1.165) is 19.5 Å². The maximum atomic E-state index is 12.4. The van der Waals surface area contributed by atoms with Gasteiger partial charge >= 0.3 is 0 Å². The van der Waals surface area contributed by atoms with Crippen LogP contribution in [0.15, 0.2) is 12.1 Å². The van der Waals surface area contributed by atoms with Gasteiger partial charge in [0.05, 0.1) is 31.5 Å². The number of amides is 1. The minimum absolute atomic E-state index is 0. The predicted molar refractivity (Wildman–Crippen MR) is 103 cm³/mol. The van der Waals surface area contributed by atoms with E-state index in [1.54, 1.807) is 12.1 Å². The van der Waals surface area contributed by atoms with Gasteiger partial charge in [-0.2, -0.15) is 0 Å². The molecule has 1 amide bonds. The average Bonchev–Trinajstić information content (AvgIpc) is 2.51. The smallest absolute Gasteiger partial charge is 0.238 e. The van der Waals surface area contributed by atoms with Crippen molar-refractivity contribution in [2.45, 2.75) is 26.3 Å². The number of nitrogens with two attached hydrogens (primary N) is 1. The molecule has 8 heteroatoms. The Kier molecular flexibility index (Phi) is 7.81. The number of carbonyl (C=O) groups excluding carboxylic acids is 1. The zero-order valence-corrected chi connectivity index (χ0v) is 16.7. The summed E-state index contributed by atoms with van der Waals surface area (Å²) in [6.45, 7) is 6.19. The Balaban J connectivity index is 0.00000312. The highest BCUT2D eigenvalue weighted by molar-refractivity contribution is 6.32. The number of nitrogens with one attached hydrogen (secondary N) is 1. The number of nitrogens with zero attached hydrogens (tertiary/aromatic N) is 1. The highest BCUT2D eigenvalue weighted by Gasteiger charge is 2.33. The number of likely N-dealkylation sites (tertiary alicyclic amines) is 1. The second-order valence-corrected chi connectivity index (χ2v) is 7.24. The molecule has 1 aliphatic heterocycles. The number of ether oxygens (including phenoxy) is 2. The lowest BCUT2D eigenvalue weighted by atomic mass is 9.80. The van der Waals surface area contributed by atoms with Crippen LogP contribution in [0.5, 0.6) is 11.5 Å². The molecule has 0 aliphatic carbocycles. The van der Waals surface area contributed by atoms with Crippen molar-refractivity contribution in [1.82, 2.24) is 4.90 Å². The molecule has 0 radical (unpaired) electrons. The Morgan fingerprint density at radius 3 is 2.56 bits per heavy atom. The van der Waals surface area contributed by atoms with E-state index < -0.39 is 0 Å². The van der Waals surface area contributed by atoms with E-state index in [4.69, 9.17) is 26.8 Å². The highest BCUT2D eigenvalue weighted by atomic mass is 35.5. The zero-order chi connectivity index (χ0) is 17.9. The minimum Gasteiger partial charge on any atom is -0.495 e. The first-order chi connectivity index (χ1) is 11.3. The summed E-state index contributed by atoms with van der Waals surface area (Å²) >= 11 is 6.13. The van der Waals surface area contributed by atoms with Gasteiger partial charge in [0.25, 0.3) is 0 Å². The largest absolute Gasteiger partial charge is 0.495 e. The lowest BCUT2D eigenvalue weighted by molar-refractivity contribution is -0.118. The van der Waals surface area contributed by atoms with Crippen LogP contribution in [0.2, 0.25) is 5.02 Å². The van der Waals surface area contributed by atoms with Gasteiger partial charge in [-0.3, -0.25) is 9.69 Å². The van der Waals surface area contributed by atoms with Gasteiger partial charge in [-0.05, 0) is 17.9 Å². The lowest BCUT2D eigenvalue weighted by Crippen LogP contribution is -2.53. The van der Waals surface area contributed by atoms with E-state index in [-0.39, 0.29) is 29.8 Å². The maximum Gasteiger partial charge on any atom is 0.238 e. The number of benzene rings is 1. The van der Waals surface area contributed by atoms with Gasteiger partial charge < -0.3 is 20.5 Å². The number of hydrogen-bond donors (Lipinski definition) is 2. The number of carbonyl (C=O) groups is 1. The van der Waals surface area contributed by atoms with Crippen molar-refractivity contribution in [2.75, 3.05) is 39.2 Å². The molecule has 3 N–H and O–H groups in total. The third kappa shape index (κ3) is 5.38. The van der Waals surface area contributed by atoms with Crippen molar-refractivity contribution in [3.05, 3.63) is 17.2 Å². The summed E-state index contributed by atoms with van der Waals surface area (Å²) in [5.41, 5.74) is 6.67. The summed E-state index contributed by atoms with van der Waals surface area (Å²) in [4.78, 5) is 14.5. The first-order valence-electron chi connectivity index (χ1n) is 7.96. The molecule has 0 bridgehead atoms. The fourth-order valence-corrected chi connectivity index (χ4v) is 3.21. The van der Waals surface area contributed by atoms with E-state index in [1.807, 2.05) is 0 Å². The third-order valence-corrected chi connectivity index (χ3v) is 4.80. The molecular formula is C17H27Cl2N3O3. The van der Waals surface area contributed by atoms with Gasteiger partial charge in [0, 0.05) is 25.2 Å². The van der Waals surface area contributed by atoms with Gasteiger partial charge in [-0.1, -0.05) is 25.4 Å². The summed E-state index contributed by atoms with van der Waals surface area (Å²) in [5, 5.41) is 3.28. The SMILES string of the molecule is COc1cc(OC)c(NC(=O)CN2CCC(N)C(C)(C)C2)cc1Cl.Cl. The Hall–Kier alpha value is -1.21. The molecule has 0 aromatic heterocycles. The molecule has 1 aliphatic rings. The van der Waals surface area contributed by atoms with Crippen LogP contribution in [0.1, 0.15) is 20.3 Å². The second-order valence-electron chi connectivity index (χ2n) is 6.83. The molecule has 2 rings (SSSR count). The zero-order valence-electron chi connectivity index (χ0n) is 15.1. The Bertz CT molecular complexity index is 611. The standard InChI is InChI=1S/C17H26ClN3O3.ClH/c1-17(2)10-21(6-5-15(17)19)9-16(22)20-12-7-11(18)13(23-3)8-14(12)24-4;/h7-8,15H,5-6,9-10,19H2,1-4H3,(H,20,22);1H. The molecule has 25 heavy (non-hydrogen) atoms. The molecule has 6 nitrogen and oxygen atoms in total. The Morgan fingerprint density at radius 1 is 1.36 bits per heavy atom. The molecule has 1 aromatic rings. The van der Waals surface area contributed by atoms with Crippen molar-refractivity contribution >= 4 is 35.6 Å². The predicted octanol–water partition coefficient (Wildman–Crippen LogP) is 2.78. The Morgan fingerprint density at radius 2 is 2.00 bits per heavy atom. The fourth-order valence-electron chi connectivity index (χ4n) is 2.97. The fraction of sp³-hybridized carbons (Fsp3) is 0.588. The molecule has 0 saturated carbocycles. The molecule has 1 aromatic carbocycles. The minimum atomic E-state index is -0.110. The molecule has 1 saturated heterocycles. The third-order valence-electron chi connectivity index (χ3n) is 4.51. The van der Waals surface area contributed by atoms with Crippen LogP contribution >= 0.6 is 24.0 Å². The quantitative estimate of drug-likeness (QED) is 0.806. The maximum absolute atomic E-state index is 12.4. The summed E-state index contributed by atoms with van der Waals surface area (Å²) in [5.74, 6) is 0.893. The van der Waals surface area contributed by atoms with Crippen LogP contribution in [0.25, 0.3) is 0 Å². The van der Waals surface area contributed by atoms with Crippen LogP contribution in [-0.4, -0.2) is 50.7 Å². The summed E-state index contributed by atoms with van der Waals surface area (Å²) in [7, 11) is 3.06. The Labute approximate surface area is 160 Å². The monoisotopic (exact) mass is 391 g/mol. The number of anilines is 1. The molecule has 1 fully saturated rings. The normalized spacial score (nSPS) is 19.7. The van der Waals surface area contributed by atoms with Crippen molar-refractivity contribution in [1.29, 1.82) is 0 Å². The number of rotatable bonds is 5. The van der Waals surface area contributed by atoms with E-state index in [1.165, 1.54) is 14.2 Å². The number of piperidine rings is 1. The first-order valence-corrected chi connectivity index (χ1v) is 8.34. The highest BCUT2D eigenvalue weighted by Crippen LogP contribution is 2.36. The van der Waals surface area contributed by atoms with E-state index in [9.17, 15) is 4.79 Å². The molecular weight excluding hydrogens is 365 g/mol. The summed E-state index contributed by atoms with van der Waals surface area (Å²) < 4.78 is 10.5. The van der Waals surface area contributed by atoms with Gasteiger partial charge in [0.15, 0.2) is 0 Å². The molecule has 142 valence electrons. The first kappa shape index (κ1) is 21.8. The van der Waals surface area contributed by atoms with Crippen molar-refractivity contribution in [2.24, 2.45) is 11.1 Å². The van der Waals surface area contributed by atoms with Gasteiger partial charge in [0.2, 0.25) is 5.91 Å². The summed E-state index contributed by atoms with van der Waals surface area (Å²) in [6.07, 6.45) is 0.887. The number of methoxy groups -OCH3 is 2. The molecule has 1 atom stereocenters. The van der Waals surface area contributed by atoms with Gasteiger partial charge in [-0.25, -0.2) is 0 Å². The van der Waals surface area contributed by atoms with Crippen molar-refractivity contribution < 1.29 is 14.3 Å². The van der Waals surface area contributed by atoms with Gasteiger partial charge in [0.1, 0.15) is 11.5 Å². The number of halogens is 2. The molecule has 0 spiro atoms. The molecule has 1 heterocycles. The van der Waals surface area contributed by atoms with E-state index in [0.29, 0.717) is 28.8 Å². The van der Waals surface area contributed by atoms with E-state index >= 15 is 0 Å². The van der Waals surface area contributed by atoms with Crippen LogP contribution in [0.3, 0.4) is 0 Å². The van der Waals surface area contributed by atoms with Crippen LogP contribution < -0.4 is 20.5 Å². The van der Waals surface area contributed by atoms with Gasteiger partial charge in [-0.15, -0.1) is 12.4 Å². The van der Waals surface area contributed by atoms with Crippen molar-refractivity contribution in [3.8, 4) is 11.5 Å². The molecule has 1 unspecified atom stereocenters. The van der Waals surface area contributed by atoms with Crippen LogP contribution in [0, 0.1) is 5.41 Å². The average molecular weight is 392 g/mol. The van der Waals surface area contributed by atoms with Crippen LogP contribution in [0.4, 0.5) is 5.69 Å². The lowest BCUT2D eigenvalue weighted by Gasteiger charge is -2.42. The second kappa shape index (κ2) is 8.94. The van der Waals surface area contributed by atoms with Crippen molar-refractivity contribution in [3.63, 3.8) is 0 Å².